The van der Waals surface area contributed by atoms with Crippen molar-refractivity contribution in [3.8, 4) is 0 Å². The summed E-state index contributed by atoms with van der Waals surface area (Å²) in [6, 6.07) is 4.44. The van der Waals surface area contributed by atoms with Crippen LogP contribution in [-0.4, -0.2) is 45.6 Å². The van der Waals surface area contributed by atoms with Crippen LogP contribution in [0.4, 0.5) is 5.69 Å². The van der Waals surface area contributed by atoms with E-state index in [1.54, 1.807) is 6.07 Å². The van der Waals surface area contributed by atoms with Crippen molar-refractivity contribution in [2.45, 2.75) is 12.1 Å². The van der Waals surface area contributed by atoms with Crippen molar-refractivity contribution in [1.82, 2.24) is 5.32 Å². The molecule has 0 amide bonds. The highest BCUT2D eigenvalue weighted by Crippen LogP contribution is 2.21. The largest absolute Gasteiger partial charge is 0.394 e. The number of nitro benzene ring substituents is 1. The zero-order chi connectivity index (χ0) is 14.5. The molecule has 106 valence electrons. The highest BCUT2D eigenvalue weighted by Gasteiger charge is 2.27. The Balaban J connectivity index is 2.85. The maximum absolute atomic E-state index is 10.7. The molecule has 0 heterocycles. The Morgan fingerprint density at radius 2 is 1.79 bits per heavy atom. The van der Waals surface area contributed by atoms with Crippen molar-refractivity contribution < 1.29 is 20.2 Å². The van der Waals surface area contributed by atoms with Gasteiger partial charge in [0, 0.05) is 23.2 Å². The SMILES string of the molecule is O=[N+]([O-])c1cc(Br)cc(CNC(CO)(CO)CO)c1. The van der Waals surface area contributed by atoms with E-state index in [0.717, 1.165) is 0 Å². The molecular formula is C11H15BrN2O5. The van der Waals surface area contributed by atoms with Crippen LogP contribution in [0.2, 0.25) is 0 Å². The predicted molar refractivity (Wildman–Crippen MR) is 71.6 cm³/mol. The third-order valence-corrected chi connectivity index (χ3v) is 3.19. The molecule has 0 saturated heterocycles. The summed E-state index contributed by atoms with van der Waals surface area (Å²) in [5.41, 5.74) is -0.675. The van der Waals surface area contributed by atoms with Gasteiger partial charge in [-0.25, -0.2) is 0 Å². The summed E-state index contributed by atoms with van der Waals surface area (Å²) < 4.78 is 0.557. The lowest BCUT2D eigenvalue weighted by Gasteiger charge is -2.28. The predicted octanol–water partition coefficient (Wildman–Crippen LogP) is 0.163. The van der Waals surface area contributed by atoms with Gasteiger partial charge in [0.1, 0.15) is 0 Å². The van der Waals surface area contributed by atoms with Gasteiger partial charge in [-0.2, -0.15) is 0 Å². The van der Waals surface area contributed by atoms with Crippen LogP contribution in [0, 0.1) is 10.1 Å². The summed E-state index contributed by atoms with van der Waals surface area (Å²) in [5.74, 6) is 0. The van der Waals surface area contributed by atoms with Gasteiger partial charge in [-0.15, -0.1) is 0 Å². The van der Waals surface area contributed by atoms with E-state index in [-0.39, 0.29) is 12.2 Å². The molecule has 1 aromatic rings. The van der Waals surface area contributed by atoms with Crippen LogP contribution in [-0.2, 0) is 6.54 Å². The number of benzene rings is 1. The lowest BCUT2D eigenvalue weighted by atomic mass is 10.0. The Morgan fingerprint density at radius 3 is 2.26 bits per heavy atom. The van der Waals surface area contributed by atoms with Crippen LogP contribution >= 0.6 is 15.9 Å². The van der Waals surface area contributed by atoms with E-state index in [9.17, 15) is 10.1 Å². The van der Waals surface area contributed by atoms with E-state index in [1.807, 2.05) is 0 Å². The molecule has 1 aromatic carbocycles. The first kappa shape index (κ1) is 16.0. The first-order valence-electron chi connectivity index (χ1n) is 5.48. The lowest BCUT2D eigenvalue weighted by molar-refractivity contribution is -0.385. The summed E-state index contributed by atoms with van der Waals surface area (Å²) in [4.78, 5) is 10.2. The highest BCUT2D eigenvalue weighted by molar-refractivity contribution is 9.10. The third kappa shape index (κ3) is 4.22. The van der Waals surface area contributed by atoms with E-state index >= 15 is 0 Å². The van der Waals surface area contributed by atoms with Crippen molar-refractivity contribution in [3.63, 3.8) is 0 Å². The van der Waals surface area contributed by atoms with Crippen LogP contribution < -0.4 is 5.32 Å². The fourth-order valence-electron chi connectivity index (χ4n) is 1.45. The molecule has 4 N–H and O–H groups in total. The summed E-state index contributed by atoms with van der Waals surface area (Å²) in [7, 11) is 0. The molecule has 0 saturated carbocycles. The number of non-ortho nitro benzene ring substituents is 1. The molecule has 0 aromatic heterocycles. The van der Waals surface area contributed by atoms with Crippen LogP contribution in [0.25, 0.3) is 0 Å². The van der Waals surface area contributed by atoms with Gasteiger partial charge < -0.3 is 20.6 Å². The Bertz CT molecular complexity index is 442. The number of nitro groups is 1. The van der Waals surface area contributed by atoms with Gasteiger partial charge in [0.05, 0.1) is 30.3 Å². The molecular weight excluding hydrogens is 320 g/mol. The van der Waals surface area contributed by atoms with Crippen molar-refractivity contribution in [2.75, 3.05) is 19.8 Å². The minimum atomic E-state index is -1.21. The molecule has 0 aliphatic rings. The molecule has 1 rings (SSSR count). The second-order valence-electron chi connectivity index (χ2n) is 4.18. The zero-order valence-electron chi connectivity index (χ0n) is 10.0. The van der Waals surface area contributed by atoms with Crippen molar-refractivity contribution in [3.05, 3.63) is 38.3 Å². The van der Waals surface area contributed by atoms with Gasteiger partial charge in [-0.1, -0.05) is 15.9 Å². The number of hydrogen-bond acceptors (Lipinski definition) is 6. The highest BCUT2D eigenvalue weighted by atomic mass is 79.9. The monoisotopic (exact) mass is 334 g/mol. The van der Waals surface area contributed by atoms with Crippen LogP contribution in [0.1, 0.15) is 5.56 Å². The Morgan fingerprint density at radius 1 is 1.21 bits per heavy atom. The normalized spacial score (nSPS) is 11.6. The Hall–Kier alpha value is -1.06. The van der Waals surface area contributed by atoms with E-state index < -0.39 is 30.3 Å². The van der Waals surface area contributed by atoms with Gasteiger partial charge >= 0.3 is 0 Å². The summed E-state index contributed by atoms with van der Waals surface area (Å²) in [5, 5.41) is 41.0. The van der Waals surface area contributed by atoms with Crippen molar-refractivity contribution >= 4 is 21.6 Å². The Kier molecular flexibility index (Phi) is 5.83. The van der Waals surface area contributed by atoms with E-state index in [2.05, 4.69) is 21.2 Å². The number of aliphatic hydroxyl groups excluding tert-OH is 3. The second-order valence-corrected chi connectivity index (χ2v) is 5.10. The number of nitrogens with one attached hydrogen (secondary N) is 1. The molecule has 0 aliphatic heterocycles. The third-order valence-electron chi connectivity index (χ3n) is 2.73. The van der Waals surface area contributed by atoms with Gasteiger partial charge in [0.15, 0.2) is 0 Å². The summed E-state index contributed by atoms with van der Waals surface area (Å²) in [6.07, 6.45) is 0. The van der Waals surface area contributed by atoms with Gasteiger partial charge in [0.25, 0.3) is 5.69 Å². The number of hydrogen-bond donors (Lipinski definition) is 4. The van der Waals surface area contributed by atoms with Crippen molar-refractivity contribution in [1.29, 1.82) is 0 Å². The van der Waals surface area contributed by atoms with Crippen LogP contribution in [0.3, 0.4) is 0 Å². The zero-order valence-corrected chi connectivity index (χ0v) is 11.6. The van der Waals surface area contributed by atoms with Crippen LogP contribution in [0.15, 0.2) is 22.7 Å². The molecule has 7 nitrogen and oxygen atoms in total. The van der Waals surface area contributed by atoms with E-state index in [0.29, 0.717) is 10.0 Å². The summed E-state index contributed by atoms with van der Waals surface area (Å²) >= 11 is 3.17. The van der Waals surface area contributed by atoms with Gasteiger partial charge in [-0.05, 0) is 11.6 Å². The fraction of sp³-hybridized carbons (Fsp3) is 0.455. The molecule has 0 aliphatic carbocycles. The molecule has 0 radical (unpaired) electrons. The van der Waals surface area contributed by atoms with Gasteiger partial charge in [0.2, 0.25) is 0 Å². The molecule has 0 fully saturated rings. The van der Waals surface area contributed by atoms with Crippen molar-refractivity contribution in [2.24, 2.45) is 0 Å². The number of halogens is 1. The molecule has 0 atom stereocenters. The average molecular weight is 335 g/mol. The molecule has 8 heteroatoms. The minimum absolute atomic E-state index is 0.0613. The first-order chi connectivity index (χ1) is 8.96. The quantitative estimate of drug-likeness (QED) is 0.417. The first-order valence-corrected chi connectivity index (χ1v) is 6.27. The molecule has 19 heavy (non-hydrogen) atoms. The fourth-order valence-corrected chi connectivity index (χ4v) is 1.98. The maximum Gasteiger partial charge on any atom is 0.270 e. The smallest absolute Gasteiger partial charge is 0.270 e. The number of rotatable bonds is 7. The average Bonchev–Trinajstić information content (AvgIpc) is 2.40. The van der Waals surface area contributed by atoms with E-state index in [4.69, 9.17) is 15.3 Å². The minimum Gasteiger partial charge on any atom is -0.394 e. The van der Waals surface area contributed by atoms with E-state index in [1.165, 1.54) is 12.1 Å². The van der Waals surface area contributed by atoms with Crippen LogP contribution in [0.5, 0.6) is 0 Å². The summed E-state index contributed by atoms with van der Waals surface area (Å²) in [6.45, 7) is -1.18. The molecule has 0 spiro atoms. The lowest BCUT2D eigenvalue weighted by Crippen LogP contribution is -2.54. The molecule has 0 unspecified atom stereocenters. The topological polar surface area (TPSA) is 116 Å². The van der Waals surface area contributed by atoms with Gasteiger partial charge in [-0.3, -0.25) is 10.1 Å². The Labute approximate surface area is 118 Å². The number of aliphatic hydroxyl groups is 3. The maximum atomic E-state index is 10.7. The molecule has 0 bridgehead atoms. The second kappa shape index (κ2) is 6.92. The number of nitrogens with zero attached hydrogens (tertiary/aromatic N) is 1. The standard InChI is InChI=1S/C11H15BrN2O5/c12-9-1-8(2-10(3-9)14(18)19)4-13-11(5-15,6-16)7-17/h1-3,13,15-17H,4-7H2.